The Balaban J connectivity index is 2.21. The SMILES string of the molecule is COc1ccc(N(CCCC(=O)N(Cc2c(Cl)cccc2Cl)C(C)C(=O)NCC(C)C)S(C)(=O)=O)cc1. The largest absolute Gasteiger partial charge is 0.497 e. The summed E-state index contributed by atoms with van der Waals surface area (Å²) in [7, 11) is -2.06. The van der Waals surface area contributed by atoms with Crippen molar-refractivity contribution in [3.05, 3.63) is 58.1 Å². The zero-order valence-corrected chi connectivity index (χ0v) is 24.2. The lowest BCUT2D eigenvalue weighted by atomic mass is 10.1. The molecular formula is C26H35Cl2N3O5S. The Kier molecular flexibility index (Phi) is 11.5. The van der Waals surface area contributed by atoms with Crippen LogP contribution in [0.4, 0.5) is 5.69 Å². The van der Waals surface area contributed by atoms with Crippen molar-refractivity contribution >= 4 is 50.7 Å². The predicted molar refractivity (Wildman–Crippen MR) is 149 cm³/mol. The Morgan fingerprint density at radius 3 is 2.14 bits per heavy atom. The maximum absolute atomic E-state index is 13.4. The van der Waals surface area contributed by atoms with E-state index in [1.807, 2.05) is 13.8 Å². The molecule has 11 heteroatoms. The molecule has 2 aromatic rings. The first-order valence-corrected chi connectivity index (χ1v) is 14.6. The summed E-state index contributed by atoms with van der Waals surface area (Å²) >= 11 is 12.7. The van der Waals surface area contributed by atoms with Crippen LogP contribution >= 0.6 is 23.2 Å². The summed E-state index contributed by atoms with van der Waals surface area (Å²) in [5.74, 6) is 0.247. The van der Waals surface area contributed by atoms with Crippen molar-refractivity contribution in [3.63, 3.8) is 0 Å². The highest BCUT2D eigenvalue weighted by Crippen LogP contribution is 2.27. The molecule has 0 aliphatic rings. The first-order valence-electron chi connectivity index (χ1n) is 12.0. The Hall–Kier alpha value is -2.49. The molecule has 0 saturated heterocycles. The van der Waals surface area contributed by atoms with Crippen LogP contribution in [0.15, 0.2) is 42.5 Å². The summed E-state index contributed by atoms with van der Waals surface area (Å²) in [5, 5.41) is 3.64. The maximum atomic E-state index is 13.4. The fourth-order valence-electron chi connectivity index (χ4n) is 3.64. The van der Waals surface area contributed by atoms with Crippen molar-refractivity contribution in [2.45, 2.75) is 46.2 Å². The van der Waals surface area contributed by atoms with E-state index in [2.05, 4.69) is 5.32 Å². The molecule has 2 aromatic carbocycles. The van der Waals surface area contributed by atoms with Gasteiger partial charge in [-0.3, -0.25) is 13.9 Å². The predicted octanol–water partition coefficient (Wildman–Crippen LogP) is 4.74. The number of methoxy groups -OCH3 is 1. The second kappa shape index (κ2) is 13.9. The van der Waals surface area contributed by atoms with Crippen molar-refractivity contribution in [1.29, 1.82) is 0 Å². The molecule has 0 spiro atoms. The van der Waals surface area contributed by atoms with Gasteiger partial charge in [-0.15, -0.1) is 0 Å². The number of halogens is 2. The van der Waals surface area contributed by atoms with Gasteiger partial charge in [0.2, 0.25) is 21.8 Å². The average Bonchev–Trinajstić information content (AvgIpc) is 2.83. The Bertz CT molecular complexity index is 1150. The monoisotopic (exact) mass is 571 g/mol. The van der Waals surface area contributed by atoms with Crippen LogP contribution in [0.2, 0.25) is 10.0 Å². The maximum Gasteiger partial charge on any atom is 0.242 e. The number of nitrogens with one attached hydrogen (secondary N) is 1. The van der Waals surface area contributed by atoms with Gasteiger partial charge in [0.05, 0.1) is 19.1 Å². The minimum atomic E-state index is -3.59. The third kappa shape index (κ3) is 9.09. The van der Waals surface area contributed by atoms with Crippen molar-refractivity contribution < 1.29 is 22.7 Å². The molecule has 1 atom stereocenters. The first kappa shape index (κ1) is 30.7. The minimum absolute atomic E-state index is 0.0199. The Morgan fingerprint density at radius 1 is 1.03 bits per heavy atom. The van der Waals surface area contributed by atoms with Gasteiger partial charge in [0.1, 0.15) is 11.8 Å². The van der Waals surface area contributed by atoms with Crippen LogP contribution in [0.25, 0.3) is 0 Å². The van der Waals surface area contributed by atoms with Crippen LogP contribution in [-0.2, 0) is 26.2 Å². The number of hydrogen-bond acceptors (Lipinski definition) is 5. The molecule has 0 saturated carbocycles. The summed E-state index contributed by atoms with van der Waals surface area (Å²) in [4.78, 5) is 27.6. The molecule has 2 amide bonds. The lowest BCUT2D eigenvalue weighted by molar-refractivity contribution is -0.140. The van der Waals surface area contributed by atoms with Crippen LogP contribution < -0.4 is 14.4 Å². The number of benzene rings is 2. The number of hydrogen-bond donors (Lipinski definition) is 1. The zero-order chi connectivity index (χ0) is 27.8. The van der Waals surface area contributed by atoms with Crippen LogP contribution in [-0.4, -0.2) is 57.6 Å². The van der Waals surface area contributed by atoms with E-state index in [9.17, 15) is 18.0 Å². The van der Waals surface area contributed by atoms with Crippen molar-refractivity contribution in [2.75, 3.05) is 30.8 Å². The second-order valence-corrected chi connectivity index (χ2v) is 11.9. The normalized spacial score (nSPS) is 12.2. The average molecular weight is 573 g/mol. The third-order valence-electron chi connectivity index (χ3n) is 5.75. The van der Waals surface area contributed by atoms with Crippen molar-refractivity contribution in [2.24, 2.45) is 5.92 Å². The highest BCUT2D eigenvalue weighted by Gasteiger charge is 2.28. The van der Waals surface area contributed by atoms with E-state index in [0.29, 0.717) is 33.6 Å². The summed E-state index contributed by atoms with van der Waals surface area (Å²) in [6.07, 6.45) is 1.38. The second-order valence-electron chi connectivity index (χ2n) is 9.17. The van der Waals surface area contributed by atoms with Gasteiger partial charge in [-0.2, -0.15) is 0 Å². The fraction of sp³-hybridized carbons (Fsp3) is 0.462. The summed E-state index contributed by atoms with van der Waals surface area (Å²) in [5.41, 5.74) is 1.01. The van der Waals surface area contributed by atoms with Gasteiger partial charge in [0, 0.05) is 41.7 Å². The highest BCUT2D eigenvalue weighted by atomic mass is 35.5. The summed E-state index contributed by atoms with van der Waals surface area (Å²) < 4.78 is 31.3. The van der Waals surface area contributed by atoms with Crippen molar-refractivity contribution in [3.8, 4) is 5.75 Å². The molecule has 204 valence electrons. The van der Waals surface area contributed by atoms with Gasteiger partial charge in [-0.25, -0.2) is 8.42 Å². The van der Waals surface area contributed by atoms with Crippen LogP contribution in [0.1, 0.15) is 39.2 Å². The molecule has 1 N–H and O–H groups in total. The first-order chi connectivity index (χ1) is 17.3. The molecule has 0 fully saturated rings. The molecule has 0 aliphatic carbocycles. The van der Waals surface area contributed by atoms with E-state index in [0.717, 1.165) is 6.26 Å². The number of amides is 2. The zero-order valence-electron chi connectivity index (χ0n) is 21.8. The number of nitrogens with zero attached hydrogens (tertiary/aromatic N) is 2. The van der Waals surface area contributed by atoms with E-state index in [-0.39, 0.29) is 43.7 Å². The number of carbonyl (C=O) groups is 2. The van der Waals surface area contributed by atoms with Crippen LogP contribution in [0.5, 0.6) is 5.75 Å². The van der Waals surface area contributed by atoms with Gasteiger partial charge in [-0.1, -0.05) is 43.1 Å². The molecule has 0 aliphatic heterocycles. The van der Waals surface area contributed by atoms with Gasteiger partial charge in [-0.05, 0) is 55.7 Å². The highest BCUT2D eigenvalue weighted by molar-refractivity contribution is 7.92. The summed E-state index contributed by atoms with van der Waals surface area (Å²) in [6, 6.07) is 10.9. The molecule has 0 bridgehead atoms. The van der Waals surface area contributed by atoms with Crippen LogP contribution in [0.3, 0.4) is 0 Å². The van der Waals surface area contributed by atoms with E-state index in [1.165, 1.54) is 16.3 Å². The number of carbonyl (C=O) groups excluding carboxylic acids is 2. The number of rotatable bonds is 13. The molecule has 0 radical (unpaired) electrons. The van der Waals surface area contributed by atoms with Gasteiger partial charge in [0.15, 0.2) is 0 Å². The van der Waals surface area contributed by atoms with Crippen LogP contribution in [0, 0.1) is 5.92 Å². The standard InChI is InChI=1S/C26H35Cl2N3O5S/c1-18(2)16-29-26(33)19(3)30(17-22-23(27)8-6-9-24(22)28)25(32)10-7-15-31(37(5,34)35)20-11-13-21(36-4)14-12-20/h6,8-9,11-14,18-19H,7,10,15-17H2,1-5H3,(H,29,33). The smallest absolute Gasteiger partial charge is 0.242 e. The summed E-state index contributed by atoms with van der Waals surface area (Å²) in [6.45, 7) is 6.22. The van der Waals surface area contributed by atoms with Gasteiger partial charge < -0.3 is 15.0 Å². The molecule has 8 nitrogen and oxygen atoms in total. The van der Waals surface area contributed by atoms with E-state index >= 15 is 0 Å². The topological polar surface area (TPSA) is 96.0 Å². The van der Waals surface area contributed by atoms with E-state index < -0.39 is 16.1 Å². The fourth-order valence-corrected chi connectivity index (χ4v) is 5.12. The Labute approximate surface area is 229 Å². The molecule has 2 rings (SSSR count). The number of ether oxygens (including phenoxy) is 1. The Morgan fingerprint density at radius 2 is 1.62 bits per heavy atom. The van der Waals surface area contributed by atoms with Crippen molar-refractivity contribution in [1.82, 2.24) is 10.2 Å². The molecular weight excluding hydrogens is 537 g/mol. The number of sulfonamides is 1. The molecule has 1 unspecified atom stereocenters. The number of anilines is 1. The quantitative estimate of drug-likeness (QED) is 0.374. The lowest BCUT2D eigenvalue weighted by Gasteiger charge is -2.30. The van der Waals surface area contributed by atoms with Gasteiger partial charge >= 0.3 is 0 Å². The lowest BCUT2D eigenvalue weighted by Crippen LogP contribution is -2.48. The van der Waals surface area contributed by atoms with E-state index in [1.54, 1.807) is 49.4 Å². The molecule has 37 heavy (non-hydrogen) atoms. The van der Waals surface area contributed by atoms with E-state index in [4.69, 9.17) is 27.9 Å². The van der Waals surface area contributed by atoms with Gasteiger partial charge in [0.25, 0.3) is 0 Å². The molecule has 0 heterocycles. The minimum Gasteiger partial charge on any atom is -0.497 e. The third-order valence-corrected chi connectivity index (χ3v) is 7.66. The molecule has 0 aromatic heterocycles.